The number of aliphatic hydroxyl groups is 1. The maximum atomic E-state index is 10.2. The van der Waals surface area contributed by atoms with Gasteiger partial charge in [-0.15, -0.1) is 0 Å². The summed E-state index contributed by atoms with van der Waals surface area (Å²) in [6.07, 6.45) is -0.574. The molecular weight excluding hydrogens is 218 g/mol. The van der Waals surface area contributed by atoms with Crippen LogP contribution in [0.5, 0.6) is 11.5 Å². The Balaban J connectivity index is 2.50. The lowest BCUT2D eigenvalue weighted by atomic mass is 9.96. The van der Waals surface area contributed by atoms with E-state index in [2.05, 4.69) is 5.32 Å². The fourth-order valence-corrected chi connectivity index (χ4v) is 2.13. The van der Waals surface area contributed by atoms with Gasteiger partial charge < -0.3 is 19.9 Å². The minimum absolute atomic E-state index is 0.500. The van der Waals surface area contributed by atoms with Crippen molar-refractivity contribution < 1.29 is 14.6 Å². The summed E-state index contributed by atoms with van der Waals surface area (Å²) in [5.41, 5.74) is 3.02. The molecule has 2 rings (SSSR count). The van der Waals surface area contributed by atoms with Crippen molar-refractivity contribution in [1.29, 1.82) is 0 Å². The van der Waals surface area contributed by atoms with Crippen molar-refractivity contribution in [3.05, 3.63) is 22.8 Å². The number of nitrogens with one attached hydrogen (secondary N) is 1. The van der Waals surface area contributed by atoms with Crippen LogP contribution in [0.3, 0.4) is 0 Å². The van der Waals surface area contributed by atoms with Gasteiger partial charge in [0, 0.05) is 12.1 Å². The minimum atomic E-state index is -0.574. The SMILES string of the molecule is CNCC(O)c1c(C)c(C)cc2c1OCCO2. The van der Waals surface area contributed by atoms with E-state index in [4.69, 9.17) is 9.47 Å². The van der Waals surface area contributed by atoms with Crippen LogP contribution in [-0.4, -0.2) is 31.9 Å². The maximum Gasteiger partial charge on any atom is 0.167 e. The molecule has 0 spiro atoms. The number of aliphatic hydroxyl groups excluding tert-OH is 1. The van der Waals surface area contributed by atoms with Gasteiger partial charge in [-0.1, -0.05) is 0 Å². The first-order chi connectivity index (χ1) is 8.15. The number of fused-ring (bicyclic) bond motifs is 1. The third-order valence-electron chi connectivity index (χ3n) is 3.13. The third kappa shape index (κ3) is 2.23. The number of hydrogen-bond acceptors (Lipinski definition) is 4. The smallest absolute Gasteiger partial charge is 0.167 e. The molecule has 2 N–H and O–H groups in total. The predicted molar refractivity (Wildman–Crippen MR) is 65.8 cm³/mol. The Labute approximate surface area is 102 Å². The number of aryl methyl sites for hydroxylation is 1. The zero-order valence-electron chi connectivity index (χ0n) is 10.5. The second-order valence-electron chi connectivity index (χ2n) is 4.33. The number of likely N-dealkylation sites (N-methyl/N-ethyl adjacent to an activating group) is 1. The summed E-state index contributed by atoms with van der Waals surface area (Å²) in [5, 5.41) is 13.2. The van der Waals surface area contributed by atoms with Crippen LogP contribution in [0.1, 0.15) is 22.8 Å². The molecule has 0 aromatic heterocycles. The topological polar surface area (TPSA) is 50.7 Å². The van der Waals surface area contributed by atoms with Crippen LogP contribution < -0.4 is 14.8 Å². The van der Waals surface area contributed by atoms with Crippen molar-refractivity contribution in [1.82, 2.24) is 5.32 Å². The number of benzene rings is 1. The van der Waals surface area contributed by atoms with E-state index < -0.39 is 6.10 Å². The van der Waals surface area contributed by atoms with Gasteiger partial charge in [0.25, 0.3) is 0 Å². The lowest BCUT2D eigenvalue weighted by molar-refractivity contribution is 0.145. The summed E-state index contributed by atoms with van der Waals surface area (Å²) in [4.78, 5) is 0. The molecule has 1 aromatic carbocycles. The summed E-state index contributed by atoms with van der Waals surface area (Å²) in [7, 11) is 1.82. The molecule has 1 atom stereocenters. The Morgan fingerprint density at radius 1 is 1.35 bits per heavy atom. The fraction of sp³-hybridized carbons (Fsp3) is 0.538. The van der Waals surface area contributed by atoms with Crippen LogP contribution in [0.4, 0.5) is 0 Å². The van der Waals surface area contributed by atoms with Gasteiger partial charge in [-0.25, -0.2) is 0 Å². The highest BCUT2D eigenvalue weighted by Gasteiger charge is 2.24. The average Bonchev–Trinajstić information content (AvgIpc) is 2.31. The van der Waals surface area contributed by atoms with Crippen LogP contribution in [0.15, 0.2) is 6.07 Å². The molecule has 0 saturated heterocycles. The van der Waals surface area contributed by atoms with Gasteiger partial charge in [0.15, 0.2) is 11.5 Å². The van der Waals surface area contributed by atoms with E-state index in [9.17, 15) is 5.11 Å². The Kier molecular flexibility index (Phi) is 3.54. The van der Waals surface area contributed by atoms with Crippen molar-refractivity contribution in [3.63, 3.8) is 0 Å². The highest BCUT2D eigenvalue weighted by molar-refractivity contribution is 5.55. The zero-order chi connectivity index (χ0) is 12.4. The van der Waals surface area contributed by atoms with Crippen molar-refractivity contribution in [3.8, 4) is 11.5 Å². The standard InChI is InChI=1S/C13H19NO3/c1-8-6-11-13(17-5-4-16-11)12(9(8)2)10(15)7-14-3/h6,10,14-15H,4-5,7H2,1-3H3. The van der Waals surface area contributed by atoms with E-state index in [0.717, 1.165) is 22.4 Å². The highest BCUT2D eigenvalue weighted by atomic mass is 16.6. The molecule has 1 aromatic rings. The maximum absolute atomic E-state index is 10.2. The summed E-state index contributed by atoms with van der Waals surface area (Å²) in [5.74, 6) is 1.44. The quantitative estimate of drug-likeness (QED) is 0.832. The first-order valence-corrected chi connectivity index (χ1v) is 5.87. The second-order valence-corrected chi connectivity index (χ2v) is 4.33. The molecule has 1 aliphatic rings. The van der Waals surface area contributed by atoms with Gasteiger partial charge in [-0.3, -0.25) is 0 Å². The molecule has 4 heteroatoms. The molecule has 94 valence electrons. The molecule has 0 radical (unpaired) electrons. The van der Waals surface area contributed by atoms with Crippen LogP contribution in [0.2, 0.25) is 0 Å². The summed E-state index contributed by atoms with van der Waals surface area (Å²) < 4.78 is 11.2. The summed E-state index contributed by atoms with van der Waals surface area (Å²) in [6, 6.07) is 1.97. The molecule has 0 saturated carbocycles. The van der Waals surface area contributed by atoms with Crippen LogP contribution in [0, 0.1) is 13.8 Å². The van der Waals surface area contributed by atoms with Crippen molar-refractivity contribution in [2.45, 2.75) is 20.0 Å². The fourth-order valence-electron chi connectivity index (χ4n) is 2.13. The molecule has 1 aliphatic heterocycles. The van der Waals surface area contributed by atoms with Crippen molar-refractivity contribution in [2.24, 2.45) is 0 Å². The van der Waals surface area contributed by atoms with Crippen molar-refractivity contribution >= 4 is 0 Å². The first kappa shape index (κ1) is 12.2. The monoisotopic (exact) mass is 237 g/mol. The van der Waals surface area contributed by atoms with E-state index in [1.165, 1.54) is 0 Å². The Hall–Kier alpha value is -1.26. The highest BCUT2D eigenvalue weighted by Crippen LogP contribution is 2.40. The summed E-state index contributed by atoms with van der Waals surface area (Å²) >= 11 is 0. The first-order valence-electron chi connectivity index (χ1n) is 5.87. The summed E-state index contributed by atoms with van der Waals surface area (Å²) in [6.45, 7) is 5.62. The molecule has 17 heavy (non-hydrogen) atoms. The van der Waals surface area contributed by atoms with E-state index in [-0.39, 0.29) is 0 Å². The lowest BCUT2D eigenvalue weighted by Crippen LogP contribution is -2.22. The molecule has 4 nitrogen and oxygen atoms in total. The second kappa shape index (κ2) is 4.94. The molecular formula is C13H19NO3. The molecule has 1 unspecified atom stereocenters. The molecule has 0 bridgehead atoms. The van der Waals surface area contributed by atoms with Gasteiger partial charge in [0.05, 0.1) is 6.10 Å². The van der Waals surface area contributed by atoms with Crippen LogP contribution in [-0.2, 0) is 0 Å². The minimum Gasteiger partial charge on any atom is -0.486 e. The number of hydrogen-bond donors (Lipinski definition) is 2. The van der Waals surface area contributed by atoms with Crippen LogP contribution >= 0.6 is 0 Å². The Morgan fingerprint density at radius 3 is 2.76 bits per heavy atom. The largest absolute Gasteiger partial charge is 0.486 e. The van der Waals surface area contributed by atoms with Gasteiger partial charge in [0.1, 0.15) is 13.2 Å². The van der Waals surface area contributed by atoms with Gasteiger partial charge in [-0.2, -0.15) is 0 Å². The van der Waals surface area contributed by atoms with Gasteiger partial charge in [0.2, 0.25) is 0 Å². The lowest BCUT2D eigenvalue weighted by Gasteiger charge is -2.26. The molecule has 1 heterocycles. The Morgan fingerprint density at radius 2 is 2.06 bits per heavy atom. The number of ether oxygens (including phenoxy) is 2. The molecule has 0 fully saturated rings. The molecule has 0 aliphatic carbocycles. The van der Waals surface area contributed by atoms with Crippen LogP contribution in [0.25, 0.3) is 0 Å². The van der Waals surface area contributed by atoms with Gasteiger partial charge >= 0.3 is 0 Å². The van der Waals surface area contributed by atoms with E-state index >= 15 is 0 Å². The van der Waals surface area contributed by atoms with E-state index in [1.807, 2.05) is 27.0 Å². The van der Waals surface area contributed by atoms with E-state index in [0.29, 0.717) is 25.5 Å². The third-order valence-corrected chi connectivity index (χ3v) is 3.13. The Bertz CT molecular complexity index is 418. The molecule has 0 amide bonds. The average molecular weight is 237 g/mol. The van der Waals surface area contributed by atoms with Gasteiger partial charge in [-0.05, 0) is 38.1 Å². The zero-order valence-corrected chi connectivity index (χ0v) is 10.5. The number of rotatable bonds is 3. The van der Waals surface area contributed by atoms with Crippen molar-refractivity contribution in [2.75, 3.05) is 26.8 Å². The van der Waals surface area contributed by atoms with E-state index in [1.54, 1.807) is 0 Å². The normalized spacial score (nSPS) is 15.8. The predicted octanol–water partition coefficient (Wildman–Crippen LogP) is 1.33.